The van der Waals surface area contributed by atoms with Crippen LogP contribution in [0.15, 0.2) is 0 Å². The second kappa shape index (κ2) is 7.25. The second-order valence-electron chi connectivity index (χ2n) is 6.33. The molecule has 1 unspecified atom stereocenters. The number of amides is 1. The van der Waals surface area contributed by atoms with Crippen molar-refractivity contribution < 1.29 is 4.79 Å². The van der Waals surface area contributed by atoms with Gasteiger partial charge in [-0.1, -0.05) is 0 Å². The molecule has 0 saturated carbocycles. The number of rotatable bonds is 4. The number of hydrogen-bond donors (Lipinski definition) is 2. The second-order valence-corrected chi connectivity index (χ2v) is 6.33. The number of carbonyl (C=O) groups is 1. The first-order chi connectivity index (χ1) is 9.16. The molecule has 0 spiro atoms. The molecule has 0 bridgehead atoms. The number of hydrogen-bond acceptors (Lipinski definition) is 3. The van der Waals surface area contributed by atoms with Crippen molar-refractivity contribution in [3.05, 3.63) is 0 Å². The van der Waals surface area contributed by atoms with E-state index in [2.05, 4.69) is 29.4 Å². The maximum absolute atomic E-state index is 11.8. The highest BCUT2D eigenvalue weighted by Gasteiger charge is 2.28. The fourth-order valence-electron chi connectivity index (χ4n) is 3.38. The molecule has 0 aromatic carbocycles. The predicted molar refractivity (Wildman–Crippen MR) is 78.1 cm³/mol. The van der Waals surface area contributed by atoms with Crippen molar-refractivity contribution in [2.24, 2.45) is 5.92 Å². The first kappa shape index (κ1) is 14.8. The zero-order chi connectivity index (χ0) is 13.7. The van der Waals surface area contributed by atoms with E-state index in [1.54, 1.807) is 0 Å². The van der Waals surface area contributed by atoms with Gasteiger partial charge in [0.15, 0.2) is 0 Å². The first-order valence-electron chi connectivity index (χ1n) is 7.90. The zero-order valence-corrected chi connectivity index (χ0v) is 12.5. The van der Waals surface area contributed by atoms with E-state index in [1.165, 1.54) is 12.8 Å². The number of piperidine rings is 1. The van der Waals surface area contributed by atoms with Gasteiger partial charge in [0.25, 0.3) is 0 Å². The van der Waals surface area contributed by atoms with Gasteiger partial charge >= 0.3 is 0 Å². The molecule has 110 valence electrons. The molecule has 4 heteroatoms. The van der Waals surface area contributed by atoms with E-state index in [9.17, 15) is 4.79 Å². The SMILES string of the molecule is CC(C)N(CC1CCNCC1)C1CCCNC(=O)C1. The molecule has 2 N–H and O–H groups in total. The van der Waals surface area contributed by atoms with Crippen LogP contribution in [-0.2, 0) is 4.79 Å². The molecule has 2 rings (SSSR count). The Morgan fingerprint density at radius 3 is 2.63 bits per heavy atom. The summed E-state index contributed by atoms with van der Waals surface area (Å²) in [6, 6.07) is 0.975. The Hall–Kier alpha value is -0.610. The van der Waals surface area contributed by atoms with Gasteiger partial charge in [-0.3, -0.25) is 9.69 Å². The molecular weight excluding hydrogens is 238 g/mol. The summed E-state index contributed by atoms with van der Waals surface area (Å²) < 4.78 is 0. The van der Waals surface area contributed by atoms with E-state index in [-0.39, 0.29) is 5.91 Å². The summed E-state index contributed by atoms with van der Waals surface area (Å²) in [6.45, 7) is 8.86. The van der Waals surface area contributed by atoms with Crippen LogP contribution >= 0.6 is 0 Å². The van der Waals surface area contributed by atoms with Gasteiger partial charge in [0.2, 0.25) is 5.91 Å². The van der Waals surface area contributed by atoms with Crippen molar-refractivity contribution in [2.45, 2.75) is 58.0 Å². The standard InChI is InChI=1S/C15H29N3O/c1-12(2)18(11-13-5-8-16-9-6-13)14-4-3-7-17-15(19)10-14/h12-14,16H,3-11H2,1-2H3,(H,17,19). The van der Waals surface area contributed by atoms with E-state index in [0.29, 0.717) is 18.5 Å². The normalized spacial score (nSPS) is 26.5. The van der Waals surface area contributed by atoms with Crippen LogP contribution in [0.5, 0.6) is 0 Å². The molecule has 2 aliphatic rings. The molecule has 4 nitrogen and oxygen atoms in total. The third kappa shape index (κ3) is 4.46. The Kier molecular flexibility index (Phi) is 5.64. The zero-order valence-electron chi connectivity index (χ0n) is 12.5. The summed E-state index contributed by atoms with van der Waals surface area (Å²) in [5.41, 5.74) is 0. The Balaban J connectivity index is 1.95. The summed E-state index contributed by atoms with van der Waals surface area (Å²) in [5.74, 6) is 1.04. The monoisotopic (exact) mass is 267 g/mol. The smallest absolute Gasteiger partial charge is 0.221 e. The summed E-state index contributed by atoms with van der Waals surface area (Å²) in [4.78, 5) is 14.3. The van der Waals surface area contributed by atoms with Gasteiger partial charge in [-0.2, -0.15) is 0 Å². The third-order valence-corrected chi connectivity index (χ3v) is 4.52. The van der Waals surface area contributed by atoms with Crippen molar-refractivity contribution in [2.75, 3.05) is 26.2 Å². The average Bonchev–Trinajstić information content (AvgIpc) is 2.61. The molecule has 2 fully saturated rings. The minimum Gasteiger partial charge on any atom is -0.356 e. The molecule has 0 radical (unpaired) electrons. The number of nitrogens with zero attached hydrogens (tertiary/aromatic N) is 1. The molecule has 1 atom stereocenters. The molecule has 0 aliphatic carbocycles. The van der Waals surface area contributed by atoms with Gasteiger partial charge in [-0.15, -0.1) is 0 Å². The van der Waals surface area contributed by atoms with Crippen LogP contribution < -0.4 is 10.6 Å². The van der Waals surface area contributed by atoms with E-state index in [4.69, 9.17) is 0 Å². The topological polar surface area (TPSA) is 44.4 Å². The van der Waals surface area contributed by atoms with Gasteiger partial charge in [-0.25, -0.2) is 0 Å². The minimum absolute atomic E-state index is 0.235. The Morgan fingerprint density at radius 2 is 1.95 bits per heavy atom. The quantitative estimate of drug-likeness (QED) is 0.808. The van der Waals surface area contributed by atoms with Crippen molar-refractivity contribution in [3.8, 4) is 0 Å². The van der Waals surface area contributed by atoms with Crippen molar-refractivity contribution in [1.29, 1.82) is 0 Å². The maximum atomic E-state index is 11.8. The fraction of sp³-hybridized carbons (Fsp3) is 0.933. The van der Waals surface area contributed by atoms with Crippen molar-refractivity contribution in [1.82, 2.24) is 15.5 Å². The lowest BCUT2D eigenvalue weighted by atomic mass is 9.95. The van der Waals surface area contributed by atoms with Crippen LogP contribution in [-0.4, -0.2) is 49.1 Å². The van der Waals surface area contributed by atoms with E-state index >= 15 is 0 Å². The summed E-state index contributed by atoms with van der Waals surface area (Å²) in [6.07, 6.45) is 5.52. The lowest BCUT2D eigenvalue weighted by Crippen LogP contribution is -2.46. The highest BCUT2D eigenvalue weighted by molar-refractivity contribution is 5.76. The Labute approximate surface area is 117 Å². The Morgan fingerprint density at radius 1 is 1.21 bits per heavy atom. The van der Waals surface area contributed by atoms with Gasteiger partial charge < -0.3 is 10.6 Å². The number of nitrogens with one attached hydrogen (secondary N) is 2. The summed E-state index contributed by atoms with van der Waals surface area (Å²) in [5, 5.41) is 6.43. The van der Waals surface area contributed by atoms with Gasteiger partial charge in [0.05, 0.1) is 0 Å². The summed E-state index contributed by atoms with van der Waals surface area (Å²) in [7, 11) is 0. The molecule has 2 aliphatic heterocycles. The minimum atomic E-state index is 0.235. The van der Waals surface area contributed by atoms with Crippen LogP contribution in [0, 0.1) is 5.92 Å². The van der Waals surface area contributed by atoms with E-state index in [1.807, 2.05) is 0 Å². The fourth-order valence-corrected chi connectivity index (χ4v) is 3.38. The van der Waals surface area contributed by atoms with Crippen LogP contribution in [0.25, 0.3) is 0 Å². The molecule has 2 heterocycles. The van der Waals surface area contributed by atoms with Crippen LogP contribution in [0.3, 0.4) is 0 Å². The van der Waals surface area contributed by atoms with E-state index < -0.39 is 0 Å². The van der Waals surface area contributed by atoms with Crippen LogP contribution in [0.4, 0.5) is 0 Å². The van der Waals surface area contributed by atoms with Gasteiger partial charge in [0, 0.05) is 31.6 Å². The number of carbonyl (C=O) groups excluding carboxylic acids is 1. The van der Waals surface area contributed by atoms with Crippen LogP contribution in [0.2, 0.25) is 0 Å². The highest BCUT2D eigenvalue weighted by atomic mass is 16.1. The van der Waals surface area contributed by atoms with E-state index in [0.717, 1.165) is 44.9 Å². The molecule has 1 amide bonds. The predicted octanol–water partition coefficient (Wildman–Crippen LogP) is 1.37. The van der Waals surface area contributed by atoms with Crippen molar-refractivity contribution in [3.63, 3.8) is 0 Å². The first-order valence-corrected chi connectivity index (χ1v) is 7.90. The van der Waals surface area contributed by atoms with Gasteiger partial charge in [-0.05, 0) is 58.5 Å². The molecule has 0 aromatic rings. The summed E-state index contributed by atoms with van der Waals surface area (Å²) >= 11 is 0. The Bertz CT molecular complexity index is 287. The third-order valence-electron chi connectivity index (χ3n) is 4.52. The molecule has 0 aromatic heterocycles. The molecule has 19 heavy (non-hydrogen) atoms. The average molecular weight is 267 g/mol. The molecular formula is C15H29N3O. The largest absolute Gasteiger partial charge is 0.356 e. The van der Waals surface area contributed by atoms with Gasteiger partial charge in [0.1, 0.15) is 0 Å². The maximum Gasteiger partial charge on any atom is 0.221 e. The molecule has 2 saturated heterocycles. The lowest BCUT2D eigenvalue weighted by Gasteiger charge is -2.38. The van der Waals surface area contributed by atoms with Crippen molar-refractivity contribution >= 4 is 5.91 Å². The van der Waals surface area contributed by atoms with Crippen LogP contribution in [0.1, 0.15) is 46.0 Å². The highest BCUT2D eigenvalue weighted by Crippen LogP contribution is 2.22. The lowest BCUT2D eigenvalue weighted by molar-refractivity contribution is -0.122.